The Balaban J connectivity index is 2.87. The molecule has 0 aliphatic carbocycles. The van der Waals surface area contributed by atoms with Crippen LogP contribution in [0.1, 0.15) is 19.4 Å². The SMILES string of the molecule is [CH2]C(OCC)(OCC)c1ccccc1. The summed E-state index contributed by atoms with van der Waals surface area (Å²) in [7, 11) is 0. The molecule has 1 radical (unpaired) electrons. The predicted molar refractivity (Wildman–Crippen MR) is 56.7 cm³/mol. The fourth-order valence-electron chi connectivity index (χ4n) is 1.37. The zero-order chi connectivity index (χ0) is 10.4. The summed E-state index contributed by atoms with van der Waals surface area (Å²) in [6.07, 6.45) is 0. The molecule has 0 atom stereocenters. The van der Waals surface area contributed by atoms with Gasteiger partial charge in [0.15, 0.2) is 5.79 Å². The average molecular weight is 193 g/mol. The van der Waals surface area contributed by atoms with Crippen LogP contribution in [0.5, 0.6) is 0 Å². The summed E-state index contributed by atoms with van der Waals surface area (Å²) in [5.41, 5.74) is 0.948. The maximum Gasteiger partial charge on any atom is 0.194 e. The summed E-state index contributed by atoms with van der Waals surface area (Å²) in [6.45, 7) is 9.00. The Kier molecular flexibility index (Phi) is 4.11. The van der Waals surface area contributed by atoms with E-state index < -0.39 is 5.79 Å². The normalized spacial score (nSPS) is 11.6. The third kappa shape index (κ3) is 2.56. The molecule has 1 aromatic carbocycles. The molecule has 0 unspecified atom stereocenters. The Morgan fingerprint density at radius 1 is 1.07 bits per heavy atom. The van der Waals surface area contributed by atoms with E-state index in [-0.39, 0.29) is 0 Å². The first kappa shape index (κ1) is 11.2. The van der Waals surface area contributed by atoms with Gasteiger partial charge in [-0.2, -0.15) is 0 Å². The molecular formula is C12H17O2. The van der Waals surface area contributed by atoms with E-state index in [4.69, 9.17) is 9.47 Å². The van der Waals surface area contributed by atoms with Crippen LogP contribution in [0.15, 0.2) is 30.3 Å². The lowest BCUT2D eigenvalue weighted by Crippen LogP contribution is -2.30. The third-order valence-electron chi connectivity index (χ3n) is 1.97. The van der Waals surface area contributed by atoms with Crippen LogP contribution >= 0.6 is 0 Å². The molecule has 0 aliphatic rings. The zero-order valence-corrected chi connectivity index (χ0v) is 8.82. The first-order valence-electron chi connectivity index (χ1n) is 4.91. The van der Waals surface area contributed by atoms with Gasteiger partial charge >= 0.3 is 0 Å². The molecule has 14 heavy (non-hydrogen) atoms. The average Bonchev–Trinajstić information content (AvgIpc) is 2.20. The van der Waals surface area contributed by atoms with Gasteiger partial charge in [0, 0.05) is 25.7 Å². The molecule has 2 nitrogen and oxygen atoms in total. The molecule has 0 aromatic heterocycles. The lowest BCUT2D eigenvalue weighted by Gasteiger charge is -2.29. The molecule has 0 bridgehead atoms. The predicted octanol–water partition coefficient (Wildman–Crippen LogP) is 2.75. The van der Waals surface area contributed by atoms with E-state index in [0.29, 0.717) is 13.2 Å². The van der Waals surface area contributed by atoms with E-state index in [0.717, 1.165) is 5.56 Å². The highest BCUT2D eigenvalue weighted by Gasteiger charge is 2.27. The monoisotopic (exact) mass is 193 g/mol. The van der Waals surface area contributed by atoms with Crippen molar-refractivity contribution in [1.29, 1.82) is 0 Å². The van der Waals surface area contributed by atoms with Crippen LogP contribution in [0.2, 0.25) is 0 Å². The molecule has 0 N–H and O–H groups in total. The maximum absolute atomic E-state index is 5.52. The van der Waals surface area contributed by atoms with Crippen molar-refractivity contribution in [2.24, 2.45) is 0 Å². The van der Waals surface area contributed by atoms with Crippen molar-refractivity contribution in [3.63, 3.8) is 0 Å². The third-order valence-corrected chi connectivity index (χ3v) is 1.97. The summed E-state index contributed by atoms with van der Waals surface area (Å²) in [4.78, 5) is 0. The van der Waals surface area contributed by atoms with E-state index in [9.17, 15) is 0 Å². The Labute approximate surface area is 85.8 Å². The van der Waals surface area contributed by atoms with Crippen molar-refractivity contribution >= 4 is 0 Å². The van der Waals surface area contributed by atoms with E-state index in [1.54, 1.807) is 0 Å². The quantitative estimate of drug-likeness (QED) is 0.669. The van der Waals surface area contributed by atoms with Gasteiger partial charge < -0.3 is 9.47 Å². The zero-order valence-electron chi connectivity index (χ0n) is 8.82. The van der Waals surface area contributed by atoms with Crippen LogP contribution in [-0.4, -0.2) is 13.2 Å². The highest BCUT2D eigenvalue weighted by atomic mass is 16.7. The van der Waals surface area contributed by atoms with E-state index in [1.165, 1.54) is 0 Å². The van der Waals surface area contributed by atoms with E-state index in [1.807, 2.05) is 44.2 Å². The van der Waals surface area contributed by atoms with Gasteiger partial charge in [-0.05, 0) is 13.8 Å². The van der Waals surface area contributed by atoms with Crippen molar-refractivity contribution < 1.29 is 9.47 Å². The van der Waals surface area contributed by atoms with Crippen molar-refractivity contribution in [3.05, 3.63) is 42.8 Å². The van der Waals surface area contributed by atoms with Gasteiger partial charge in [-0.15, -0.1) is 0 Å². The summed E-state index contributed by atoms with van der Waals surface area (Å²) < 4.78 is 11.0. The second-order valence-corrected chi connectivity index (χ2v) is 2.98. The topological polar surface area (TPSA) is 18.5 Å². The molecule has 0 fully saturated rings. The van der Waals surface area contributed by atoms with Crippen molar-refractivity contribution in [2.75, 3.05) is 13.2 Å². The molecule has 0 heterocycles. The summed E-state index contributed by atoms with van der Waals surface area (Å²) in [6, 6.07) is 9.78. The molecule has 0 spiro atoms. The smallest absolute Gasteiger partial charge is 0.194 e. The molecular weight excluding hydrogens is 176 g/mol. The lowest BCUT2D eigenvalue weighted by atomic mass is 10.1. The molecule has 0 saturated carbocycles. The fourth-order valence-corrected chi connectivity index (χ4v) is 1.37. The van der Waals surface area contributed by atoms with E-state index >= 15 is 0 Å². The number of ether oxygens (including phenoxy) is 2. The Morgan fingerprint density at radius 2 is 1.57 bits per heavy atom. The second-order valence-electron chi connectivity index (χ2n) is 2.98. The Hall–Kier alpha value is -0.860. The van der Waals surface area contributed by atoms with Crippen LogP contribution in [0, 0.1) is 6.92 Å². The summed E-state index contributed by atoms with van der Waals surface area (Å²) in [5, 5.41) is 0. The minimum atomic E-state index is -0.856. The van der Waals surface area contributed by atoms with Crippen molar-refractivity contribution in [1.82, 2.24) is 0 Å². The van der Waals surface area contributed by atoms with Crippen LogP contribution in [0.3, 0.4) is 0 Å². The summed E-state index contributed by atoms with van der Waals surface area (Å²) in [5.74, 6) is -0.856. The Bertz CT molecular complexity index is 250. The van der Waals surface area contributed by atoms with Crippen LogP contribution in [0.25, 0.3) is 0 Å². The molecule has 1 rings (SSSR count). The van der Waals surface area contributed by atoms with E-state index in [2.05, 4.69) is 6.92 Å². The molecule has 0 aliphatic heterocycles. The first-order chi connectivity index (χ1) is 6.73. The van der Waals surface area contributed by atoms with Gasteiger partial charge in [0.2, 0.25) is 0 Å². The largest absolute Gasteiger partial charge is 0.346 e. The van der Waals surface area contributed by atoms with Gasteiger partial charge in [0.1, 0.15) is 0 Å². The highest BCUT2D eigenvalue weighted by Crippen LogP contribution is 2.25. The van der Waals surface area contributed by atoms with Gasteiger partial charge in [0.05, 0.1) is 0 Å². The second kappa shape index (κ2) is 5.13. The van der Waals surface area contributed by atoms with Crippen LogP contribution < -0.4 is 0 Å². The number of hydrogen-bond donors (Lipinski definition) is 0. The number of benzene rings is 1. The summed E-state index contributed by atoms with van der Waals surface area (Å²) >= 11 is 0. The maximum atomic E-state index is 5.52. The minimum absolute atomic E-state index is 0.582. The fraction of sp³-hybridized carbons (Fsp3) is 0.417. The van der Waals surface area contributed by atoms with Gasteiger partial charge in [0.25, 0.3) is 0 Å². The van der Waals surface area contributed by atoms with Crippen molar-refractivity contribution in [3.8, 4) is 0 Å². The molecule has 2 heteroatoms. The van der Waals surface area contributed by atoms with Gasteiger partial charge in [-0.25, -0.2) is 0 Å². The molecule has 77 valence electrons. The molecule has 0 amide bonds. The van der Waals surface area contributed by atoms with Gasteiger partial charge in [-0.3, -0.25) is 0 Å². The lowest BCUT2D eigenvalue weighted by molar-refractivity contribution is -0.210. The number of hydrogen-bond acceptors (Lipinski definition) is 2. The minimum Gasteiger partial charge on any atom is -0.346 e. The highest BCUT2D eigenvalue weighted by molar-refractivity contribution is 5.21. The van der Waals surface area contributed by atoms with Gasteiger partial charge in [-0.1, -0.05) is 30.3 Å². The Morgan fingerprint density at radius 3 is 2.00 bits per heavy atom. The molecule has 1 aromatic rings. The van der Waals surface area contributed by atoms with Crippen molar-refractivity contribution in [2.45, 2.75) is 19.6 Å². The van der Waals surface area contributed by atoms with Crippen LogP contribution in [-0.2, 0) is 15.3 Å². The number of rotatable bonds is 5. The first-order valence-corrected chi connectivity index (χ1v) is 4.91. The molecule has 0 saturated heterocycles. The van der Waals surface area contributed by atoms with Crippen LogP contribution in [0.4, 0.5) is 0 Å². The standard InChI is InChI=1S/C12H17O2/c1-4-13-12(3,14-5-2)11-9-7-6-8-10-11/h6-10H,3-5H2,1-2H3.